The summed E-state index contributed by atoms with van der Waals surface area (Å²) in [7, 11) is 0. The van der Waals surface area contributed by atoms with Gasteiger partial charge in [0, 0.05) is 19.6 Å². The number of hydrogen-bond donors (Lipinski definition) is 1. The average Bonchev–Trinajstić information content (AvgIpc) is 2.59. The van der Waals surface area contributed by atoms with Crippen molar-refractivity contribution in [3.05, 3.63) is 17.8 Å². The third kappa shape index (κ3) is 2.83. The Morgan fingerprint density at radius 1 is 1.71 bits per heavy atom. The highest BCUT2D eigenvalue weighted by molar-refractivity contribution is 5.68. The van der Waals surface area contributed by atoms with E-state index in [1.165, 1.54) is 6.39 Å². The second-order valence-electron chi connectivity index (χ2n) is 4.63. The maximum Gasteiger partial charge on any atom is 0.329 e. The lowest BCUT2D eigenvalue weighted by atomic mass is 9.96. The minimum Gasteiger partial charge on any atom is -0.480 e. The van der Waals surface area contributed by atoms with Crippen LogP contribution < -0.4 is 0 Å². The number of carbonyl (C=O) groups is 1. The van der Waals surface area contributed by atoms with Crippen LogP contribution in [0.1, 0.15) is 18.4 Å². The maximum atomic E-state index is 10.4. The summed E-state index contributed by atoms with van der Waals surface area (Å²) in [6.45, 7) is 5.70. The number of carboxylic acids is 1. The average molecular weight is 240 g/mol. The van der Waals surface area contributed by atoms with E-state index < -0.39 is 5.97 Å². The van der Waals surface area contributed by atoms with Crippen molar-refractivity contribution >= 4 is 5.97 Å². The zero-order valence-electron chi connectivity index (χ0n) is 9.97. The van der Waals surface area contributed by atoms with E-state index in [2.05, 4.69) is 9.88 Å². The van der Waals surface area contributed by atoms with Crippen LogP contribution in [0, 0.1) is 6.92 Å². The summed E-state index contributed by atoms with van der Waals surface area (Å²) in [6.07, 6.45) is 1.44. The fourth-order valence-electron chi connectivity index (χ4n) is 2.03. The molecule has 0 aromatic carbocycles. The zero-order valence-corrected chi connectivity index (χ0v) is 9.97. The molecule has 1 aromatic rings. The van der Waals surface area contributed by atoms with E-state index >= 15 is 0 Å². The van der Waals surface area contributed by atoms with Crippen LogP contribution in [0.2, 0.25) is 0 Å². The standard InChI is InChI=1S/C11H16N2O4/c1-8-9(12-7-16-8)3-13-5-11(2,6-13)17-4-10(14)15/h7H,3-6H2,1-2H3,(H,14,15). The monoisotopic (exact) mass is 240 g/mol. The van der Waals surface area contributed by atoms with Crippen molar-refractivity contribution in [3.63, 3.8) is 0 Å². The Morgan fingerprint density at radius 2 is 2.41 bits per heavy atom. The van der Waals surface area contributed by atoms with Gasteiger partial charge in [-0.05, 0) is 13.8 Å². The number of aryl methyl sites for hydroxylation is 1. The van der Waals surface area contributed by atoms with Crippen LogP contribution in [-0.4, -0.2) is 46.3 Å². The number of nitrogens with zero attached hydrogens (tertiary/aromatic N) is 2. The molecule has 0 radical (unpaired) electrons. The number of likely N-dealkylation sites (tertiary alicyclic amines) is 1. The fourth-order valence-corrected chi connectivity index (χ4v) is 2.03. The molecule has 0 bridgehead atoms. The van der Waals surface area contributed by atoms with Gasteiger partial charge in [0.05, 0.1) is 11.3 Å². The molecule has 1 fully saturated rings. The lowest BCUT2D eigenvalue weighted by molar-refractivity contribution is -0.165. The predicted molar refractivity (Wildman–Crippen MR) is 58.5 cm³/mol. The predicted octanol–water partition coefficient (Wildman–Crippen LogP) is 0.659. The van der Waals surface area contributed by atoms with Crippen molar-refractivity contribution in [2.45, 2.75) is 26.0 Å². The third-order valence-electron chi connectivity index (χ3n) is 2.88. The quantitative estimate of drug-likeness (QED) is 0.814. The lowest BCUT2D eigenvalue weighted by Crippen LogP contribution is -2.61. The maximum absolute atomic E-state index is 10.4. The highest BCUT2D eigenvalue weighted by Crippen LogP contribution is 2.26. The van der Waals surface area contributed by atoms with Crippen LogP contribution in [0.3, 0.4) is 0 Å². The number of carboxylic acid groups (broad SMARTS) is 1. The second kappa shape index (κ2) is 4.46. The highest BCUT2D eigenvalue weighted by Gasteiger charge is 2.40. The highest BCUT2D eigenvalue weighted by atomic mass is 16.5. The van der Waals surface area contributed by atoms with Crippen LogP contribution >= 0.6 is 0 Å². The van der Waals surface area contributed by atoms with Gasteiger partial charge in [0.25, 0.3) is 0 Å². The summed E-state index contributed by atoms with van der Waals surface area (Å²) < 4.78 is 10.4. The normalized spacial score (nSPS) is 18.9. The molecule has 0 saturated carbocycles. The largest absolute Gasteiger partial charge is 0.480 e. The van der Waals surface area contributed by atoms with Gasteiger partial charge in [0.2, 0.25) is 0 Å². The van der Waals surface area contributed by atoms with Crippen LogP contribution in [0.5, 0.6) is 0 Å². The third-order valence-corrected chi connectivity index (χ3v) is 2.88. The summed E-state index contributed by atoms with van der Waals surface area (Å²) in [5.41, 5.74) is 0.570. The lowest BCUT2D eigenvalue weighted by Gasteiger charge is -2.47. The first-order valence-electron chi connectivity index (χ1n) is 5.46. The fraction of sp³-hybridized carbons (Fsp3) is 0.636. The summed E-state index contributed by atoms with van der Waals surface area (Å²) in [5.74, 6) is -0.109. The summed E-state index contributed by atoms with van der Waals surface area (Å²) >= 11 is 0. The Balaban J connectivity index is 1.78. The second-order valence-corrected chi connectivity index (χ2v) is 4.63. The van der Waals surface area contributed by atoms with Gasteiger partial charge in [-0.25, -0.2) is 9.78 Å². The molecule has 1 N–H and O–H groups in total. The molecule has 6 heteroatoms. The Kier molecular flexibility index (Phi) is 3.17. The number of rotatable bonds is 5. The Hall–Kier alpha value is -1.40. The van der Waals surface area contributed by atoms with Crippen molar-refractivity contribution in [1.29, 1.82) is 0 Å². The van der Waals surface area contributed by atoms with E-state index in [1.54, 1.807) is 0 Å². The number of aromatic nitrogens is 1. The van der Waals surface area contributed by atoms with Gasteiger partial charge in [-0.15, -0.1) is 0 Å². The van der Waals surface area contributed by atoms with E-state index in [0.29, 0.717) is 19.6 Å². The Bertz CT molecular complexity index is 409. The summed E-state index contributed by atoms with van der Waals surface area (Å²) in [5, 5.41) is 8.55. The van der Waals surface area contributed by atoms with Gasteiger partial charge in [-0.1, -0.05) is 0 Å². The molecule has 1 aliphatic rings. The van der Waals surface area contributed by atoms with E-state index in [1.807, 2.05) is 13.8 Å². The molecular formula is C11H16N2O4. The van der Waals surface area contributed by atoms with Crippen LogP contribution in [0.15, 0.2) is 10.8 Å². The molecule has 0 spiro atoms. The van der Waals surface area contributed by atoms with E-state index in [-0.39, 0.29) is 12.2 Å². The Labute approximate surface area is 99.2 Å². The molecule has 1 aromatic heterocycles. The molecular weight excluding hydrogens is 224 g/mol. The number of ether oxygens (including phenoxy) is 1. The van der Waals surface area contributed by atoms with E-state index in [0.717, 1.165) is 11.5 Å². The summed E-state index contributed by atoms with van der Waals surface area (Å²) in [6, 6.07) is 0. The molecule has 0 unspecified atom stereocenters. The van der Waals surface area contributed by atoms with E-state index in [4.69, 9.17) is 14.3 Å². The van der Waals surface area contributed by atoms with E-state index in [9.17, 15) is 4.79 Å². The van der Waals surface area contributed by atoms with Crippen molar-refractivity contribution in [3.8, 4) is 0 Å². The number of aliphatic carboxylic acids is 1. The smallest absolute Gasteiger partial charge is 0.329 e. The molecule has 1 saturated heterocycles. The van der Waals surface area contributed by atoms with Crippen LogP contribution in [0.4, 0.5) is 0 Å². The molecule has 0 aliphatic carbocycles. The van der Waals surface area contributed by atoms with Crippen LogP contribution in [-0.2, 0) is 16.1 Å². The first-order chi connectivity index (χ1) is 7.98. The SMILES string of the molecule is Cc1ocnc1CN1CC(C)(OCC(=O)O)C1. The molecule has 2 heterocycles. The van der Waals surface area contributed by atoms with Gasteiger partial charge < -0.3 is 14.3 Å². The van der Waals surface area contributed by atoms with Crippen molar-refractivity contribution < 1.29 is 19.1 Å². The topological polar surface area (TPSA) is 75.8 Å². The van der Waals surface area contributed by atoms with Gasteiger partial charge in [0.1, 0.15) is 12.4 Å². The molecule has 2 rings (SSSR count). The van der Waals surface area contributed by atoms with Gasteiger partial charge >= 0.3 is 5.97 Å². The van der Waals surface area contributed by atoms with Crippen molar-refractivity contribution in [2.24, 2.45) is 0 Å². The summed E-state index contributed by atoms with van der Waals surface area (Å²) in [4.78, 5) is 16.7. The molecule has 94 valence electrons. The van der Waals surface area contributed by atoms with Gasteiger partial charge in [-0.3, -0.25) is 4.90 Å². The first-order valence-corrected chi connectivity index (χ1v) is 5.46. The first kappa shape index (κ1) is 12.1. The molecule has 0 amide bonds. The number of oxazole rings is 1. The minimum atomic E-state index is -0.933. The molecule has 1 aliphatic heterocycles. The molecule has 17 heavy (non-hydrogen) atoms. The van der Waals surface area contributed by atoms with Crippen molar-refractivity contribution in [1.82, 2.24) is 9.88 Å². The van der Waals surface area contributed by atoms with Gasteiger partial charge in [0.15, 0.2) is 6.39 Å². The van der Waals surface area contributed by atoms with Crippen molar-refractivity contribution in [2.75, 3.05) is 19.7 Å². The molecule has 6 nitrogen and oxygen atoms in total. The minimum absolute atomic E-state index is 0.243. The number of hydrogen-bond acceptors (Lipinski definition) is 5. The zero-order chi connectivity index (χ0) is 12.5. The van der Waals surface area contributed by atoms with Crippen LogP contribution in [0.25, 0.3) is 0 Å². The van der Waals surface area contributed by atoms with Gasteiger partial charge in [-0.2, -0.15) is 0 Å². The Morgan fingerprint density at radius 3 is 2.94 bits per heavy atom. The molecule has 0 atom stereocenters.